The van der Waals surface area contributed by atoms with Gasteiger partial charge in [0, 0.05) is 30.2 Å². The number of nitrogens with two attached hydrogens (primary N) is 1. The van der Waals surface area contributed by atoms with E-state index in [2.05, 4.69) is 20.6 Å². The van der Waals surface area contributed by atoms with Gasteiger partial charge in [-0.1, -0.05) is 17.7 Å². The maximum atomic E-state index is 13.0. The summed E-state index contributed by atoms with van der Waals surface area (Å²) in [6, 6.07) is 5.25. The molecule has 0 radical (unpaired) electrons. The first-order valence-electron chi connectivity index (χ1n) is 9.30. The summed E-state index contributed by atoms with van der Waals surface area (Å²) in [5, 5.41) is 6.11. The molecule has 0 spiro atoms. The third kappa shape index (κ3) is 3.83. The lowest BCUT2D eigenvalue weighted by Gasteiger charge is -2.30. The molecule has 1 aromatic carbocycles. The molecule has 10 heteroatoms. The van der Waals surface area contributed by atoms with Gasteiger partial charge < -0.3 is 26.0 Å². The van der Waals surface area contributed by atoms with Crippen LogP contribution >= 0.6 is 11.6 Å². The molecule has 1 fully saturated rings. The Balaban J connectivity index is 1.65. The molecule has 1 saturated heterocycles. The van der Waals surface area contributed by atoms with E-state index >= 15 is 0 Å². The van der Waals surface area contributed by atoms with Crippen LogP contribution in [0, 0.1) is 6.92 Å². The molecule has 1 aromatic heterocycles. The number of morpholine rings is 1. The van der Waals surface area contributed by atoms with Crippen molar-refractivity contribution in [2.75, 3.05) is 47.6 Å². The lowest BCUT2D eigenvalue weighted by atomic mass is 9.91. The van der Waals surface area contributed by atoms with Crippen LogP contribution in [-0.4, -0.2) is 48.1 Å². The van der Waals surface area contributed by atoms with Gasteiger partial charge in [0.05, 0.1) is 24.7 Å². The molecule has 2 aromatic rings. The van der Waals surface area contributed by atoms with Crippen molar-refractivity contribution in [2.45, 2.75) is 19.3 Å². The van der Waals surface area contributed by atoms with Gasteiger partial charge in [0.2, 0.25) is 17.8 Å². The van der Waals surface area contributed by atoms with E-state index in [0.717, 1.165) is 5.56 Å². The topological polar surface area (TPSA) is 122 Å². The number of amides is 2. The van der Waals surface area contributed by atoms with Crippen LogP contribution in [0.25, 0.3) is 0 Å². The largest absolute Gasteiger partial charge is 0.383 e. The van der Waals surface area contributed by atoms with Gasteiger partial charge in [-0.3, -0.25) is 9.59 Å². The number of anilines is 4. The normalized spacial score (nSPS) is 18.8. The molecular formula is C19H21ClN6O3. The van der Waals surface area contributed by atoms with Crippen LogP contribution in [0.5, 0.6) is 0 Å². The van der Waals surface area contributed by atoms with Crippen molar-refractivity contribution in [2.24, 2.45) is 0 Å². The minimum Gasteiger partial charge on any atom is -0.383 e. The predicted molar refractivity (Wildman–Crippen MR) is 110 cm³/mol. The van der Waals surface area contributed by atoms with E-state index in [1.165, 1.54) is 0 Å². The highest BCUT2D eigenvalue weighted by atomic mass is 35.5. The molecule has 3 heterocycles. The van der Waals surface area contributed by atoms with Gasteiger partial charge in [-0.05, 0) is 24.6 Å². The number of nitrogens with one attached hydrogen (secondary N) is 2. The predicted octanol–water partition coefficient (Wildman–Crippen LogP) is 1.92. The van der Waals surface area contributed by atoms with Crippen LogP contribution in [0.1, 0.15) is 23.5 Å². The van der Waals surface area contributed by atoms with Crippen molar-refractivity contribution in [3.8, 4) is 0 Å². The van der Waals surface area contributed by atoms with Gasteiger partial charge in [-0.15, -0.1) is 0 Å². The number of aromatic nitrogens is 2. The fraction of sp³-hybridized carbons (Fsp3) is 0.368. The summed E-state index contributed by atoms with van der Waals surface area (Å²) < 4.78 is 5.34. The van der Waals surface area contributed by atoms with Gasteiger partial charge in [0.15, 0.2) is 0 Å². The van der Waals surface area contributed by atoms with E-state index in [1.54, 1.807) is 18.2 Å². The molecule has 4 rings (SSSR count). The smallest absolute Gasteiger partial charge is 0.232 e. The van der Waals surface area contributed by atoms with E-state index in [0.29, 0.717) is 48.5 Å². The molecule has 2 aliphatic rings. The standard InChI is InChI=1S/C19H21ClN6O3/c1-10-12(20)3-2-4-13(10)22-18(28)11-9-14(27)23-17-15(11)16(21)24-19(25-17)26-5-7-29-8-6-26/h2-4,11H,5-9H2,1H3,(H,22,28)(H3,21,23,24,25,27)/t11-/m0/s1. The summed E-state index contributed by atoms with van der Waals surface area (Å²) in [5.74, 6) is -0.586. The molecular weight excluding hydrogens is 396 g/mol. The molecule has 0 unspecified atom stereocenters. The number of fused-ring (bicyclic) bond motifs is 1. The summed E-state index contributed by atoms with van der Waals surface area (Å²) in [6.45, 7) is 4.20. The van der Waals surface area contributed by atoms with E-state index in [1.807, 2.05) is 11.8 Å². The van der Waals surface area contributed by atoms with Crippen LogP contribution in [0.4, 0.5) is 23.3 Å². The van der Waals surface area contributed by atoms with Crippen molar-refractivity contribution in [1.82, 2.24) is 9.97 Å². The Kier molecular flexibility index (Phi) is 5.25. The molecule has 4 N–H and O–H groups in total. The first kappa shape index (κ1) is 19.4. The average molecular weight is 417 g/mol. The van der Waals surface area contributed by atoms with Crippen molar-refractivity contribution in [3.63, 3.8) is 0 Å². The number of hydrogen-bond acceptors (Lipinski definition) is 7. The molecule has 0 aliphatic carbocycles. The van der Waals surface area contributed by atoms with Gasteiger partial charge in [0.25, 0.3) is 0 Å². The zero-order valence-electron chi connectivity index (χ0n) is 15.9. The molecule has 2 amide bonds. The highest BCUT2D eigenvalue weighted by molar-refractivity contribution is 6.31. The zero-order valence-corrected chi connectivity index (χ0v) is 16.6. The molecule has 29 heavy (non-hydrogen) atoms. The van der Waals surface area contributed by atoms with Gasteiger partial charge >= 0.3 is 0 Å². The summed E-state index contributed by atoms with van der Waals surface area (Å²) in [5.41, 5.74) is 7.97. The van der Waals surface area contributed by atoms with Crippen LogP contribution in [0.2, 0.25) is 5.02 Å². The Labute approximate surface area is 172 Å². The third-order valence-electron chi connectivity index (χ3n) is 5.10. The number of ether oxygens (including phenoxy) is 1. The van der Waals surface area contributed by atoms with Gasteiger partial charge in [-0.25, -0.2) is 0 Å². The van der Waals surface area contributed by atoms with Gasteiger partial charge in [-0.2, -0.15) is 9.97 Å². The lowest BCUT2D eigenvalue weighted by Crippen LogP contribution is -2.38. The summed E-state index contributed by atoms with van der Waals surface area (Å²) in [4.78, 5) is 36.1. The van der Waals surface area contributed by atoms with E-state index in [4.69, 9.17) is 22.1 Å². The summed E-state index contributed by atoms with van der Waals surface area (Å²) in [7, 11) is 0. The SMILES string of the molecule is Cc1c(Cl)cccc1NC(=O)[C@H]1CC(=O)Nc2nc(N3CCOCC3)nc(N)c21. The van der Waals surface area contributed by atoms with Crippen molar-refractivity contribution in [3.05, 3.63) is 34.3 Å². The fourth-order valence-corrected chi connectivity index (χ4v) is 3.65. The quantitative estimate of drug-likeness (QED) is 0.698. The highest BCUT2D eigenvalue weighted by Crippen LogP contribution is 2.37. The number of rotatable bonds is 3. The first-order chi connectivity index (χ1) is 13.9. The highest BCUT2D eigenvalue weighted by Gasteiger charge is 2.35. The second kappa shape index (κ2) is 7.84. The van der Waals surface area contributed by atoms with Crippen LogP contribution in [-0.2, 0) is 14.3 Å². The molecule has 9 nitrogen and oxygen atoms in total. The molecule has 1 atom stereocenters. The number of nitrogen functional groups attached to an aromatic ring is 1. The Bertz CT molecular complexity index is 977. The van der Waals surface area contributed by atoms with Crippen LogP contribution in [0.3, 0.4) is 0 Å². The third-order valence-corrected chi connectivity index (χ3v) is 5.50. The number of carbonyl (C=O) groups is 2. The summed E-state index contributed by atoms with van der Waals surface area (Å²) >= 11 is 6.13. The Hall–Kier alpha value is -2.91. The zero-order chi connectivity index (χ0) is 20.5. The number of nitrogens with zero attached hydrogens (tertiary/aromatic N) is 3. The second-order valence-corrected chi connectivity index (χ2v) is 7.38. The van der Waals surface area contributed by atoms with Crippen LogP contribution in [0.15, 0.2) is 18.2 Å². The minimum absolute atomic E-state index is 0.0388. The molecule has 0 saturated carbocycles. The maximum Gasteiger partial charge on any atom is 0.232 e. The summed E-state index contributed by atoms with van der Waals surface area (Å²) in [6.07, 6.45) is -0.0388. The fourth-order valence-electron chi connectivity index (χ4n) is 3.48. The minimum atomic E-state index is -0.795. The average Bonchev–Trinajstić information content (AvgIpc) is 2.71. The number of hydrogen-bond donors (Lipinski definition) is 3. The molecule has 2 aliphatic heterocycles. The Morgan fingerprint density at radius 3 is 2.86 bits per heavy atom. The van der Waals surface area contributed by atoms with Crippen molar-refractivity contribution in [1.29, 1.82) is 0 Å². The monoisotopic (exact) mass is 416 g/mol. The van der Waals surface area contributed by atoms with E-state index in [9.17, 15) is 9.59 Å². The number of benzene rings is 1. The number of carbonyl (C=O) groups excluding carboxylic acids is 2. The molecule has 152 valence electrons. The Morgan fingerprint density at radius 1 is 1.34 bits per heavy atom. The Morgan fingerprint density at radius 2 is 2.10 bits per heavy atom. The maximum absolute atomic E-state index is 13.0. The van der Waals surface area contributed by atoms with Gasteiger partial charge in [0.1, 0.15) is 11.6 Å². The van der Waals surface area contributed by atoms with Crippen LogP contribution < -0.4 is 21.3 Å². The van der Waals surface area contributed by atoms with Crippen molar-refractivity contribution < 1.29 is 14.3 Å². The first-order valence-corrected chi connectivity index (χ1v) is 9.67. The molecule has 0 bridgehead atoms. The second-order valence-electron chi connectivity index (χ2n) is 6.98. The number of halogens is 1. The lowest BCUT2D eigenvalue weighted by molar-refractivity contribution is -0.123. The van der Waals surface area contributed by atoms with E-state index < -0.39 is 5.92 Å². The van der Waals surface area contributed by atoms with E-state index in [-0.39, 0.29) is 29.9 Å². The van der Waals surface area contributed by atoms with Crippen molar-refractivity contribution >= 4 is 46.7 Å².